The van der Waals surface area contributed by atoms with E-state index in [-0.39, 0.29) is 25.2 Å². The van der Waals surface area contributed by atoms with E-state index in [1.54, 1.807) is 24.3 Å². The van der Waals surface area contributed by atoms with Gasteiger partial charge in [0.2, 0.25) is 0 Å². The predicted molar refractivity (Wildman–Crippen MR) is 93.7 cm³/mol. The topological polar surface area (TPSA) is 81.3 Å². The molecule has 2 aromatic carbocycles. The Balaban J connectivity index is 1.54. The number of hydrogen-bond acceptors (Lipinski definition) is 5. The van der Waals surface area contributed by atoms with Gasteiger partial charge < -0.3 is 9.47 Å². The van der Waals surface area contributed by atoms with Crippen LogP contribution in [0.2, 0.25) is 0 Å². The van der Waals surface area contributed by atoms with Crippen LogP contribution in [0.1, 0.15) is 11.3 Å². The Hall–Kier alpha value is -3.15. The quantitative estimate of drug-likeness (QED) is 0.551. The molecule has 0 spiro atoms. The summed E-state index contributed by atoms with van der Waals surface area (Å²) in [5.41, 5.74) is 1.36. The summed E-state index contributed by atoms with van der Waals surface area (Å²) in [6.07, 6.45) is -0.0121. The van der Waals surface area contributed by atoms with Crippen molar-refractivity contribution in [2.45, 2.75) is 13.3 Å². The van der Waals surface area contributed by atoms with E-state index in [9.17, 15) is 9.59 Å². The summed E-state index contributed by atoms with van der Waals surface area (Å²) >= 11 is 0. The molecule has 0 fully saturated rings. The van der Waals surface area contributed by atoms with Gasteiger partial charge in [-0.1, -0.05) is 35.9 Å². The van der Waals surface area contributed by atoms with Gasteiger partial charge in [-0.05, 0) is 25.1 Å². The highest BCUT2D eigenvalue weighted by Gasteiger charge is 2.11. The molecule has 3 rings (SSSR count). The first-order valence-corrected chi connectivity index (χ1v) is 7.95. The van der Waals surface area contributed by atoms with Crippen molar-refractivity contribution in [2.75, 3.05) is 13.2 Å². The van der Waals surface area contributed by atoms with Crippen molar-refractivity contribution in [3.8, 4) is 5.75 Å². The molecule has 0 saturated carbocycles. The highest BCUT2D eigenvalue weighted by atomic mass is 16.6. The summed E-state index contributed by atoms with van der Waals surface area (Å²) in [6, 6.07) is 14.7. The molecule has 0 aliphatic carbocycles. The van der Waals surface area contributed by atoms with Crippen LogP contribution in [-0.2, 0) is 16.0 Å². The molecule has 0 amide bonds. The second kappa shape index (κ2) is 7.61. The number of aromatic amines is 1. The van der Waals surface area contributed by atoms with Crippen LogP contribution in [-0.4, -0.2) is 29.4 Å². The zero-order valence-corrected chi connectivity index (χ0v) is 13.8. The Bertz CT molecular complexity index is 932. The third-order valence-electron chi connectivity index (χ3n) is 3.72. The van der Waals surface area contributed by atoms with Gasteiger partial charge >= 0.3 is 5.97 Å². The largest absolute Gasteiger partial charge is 0.490 e. The minimum absolute atomic E-state index is 0.0121. The van der Waals surface area contributed by atoms with Crippen molar-refractivity contribution in [1.82, 2.24) is 10.2 Å². The molecule has 128 valence electrons. The zero-order chi connectivity index (χ0) is 17.6. The van der Waals surface area contributed by atoms with Gasteiger partial charge in [0.15, 0.2) is 0 Å². The fraction of sp³-hybridized carbons (Fsp3) is 0.211. The molecule has 0 unspecified atom stereocenters. The Kier molecular flexibility index (Phi) is 5.09. The second-order valence-corrected chi connectivity index (χ2v) is 5.60. The molecule has 0 radical (unpaired) electrons. The van der Waals surface area contributed by atoms with Gasteiger partial charge in [-0.15, -0.1) is 0 Å². The van der Waals surface area contributed by atoms with Gasteiger partial charge in [-0.2, -0.15) is 5.10 Å². The fourth-order valence-electron chi connectivity index (χ4n) is 2.44. The van der Waals surface area contributed by atoms with Crippen LogP contribution >= 0.6 is 0 Å². The van der Waals surface area contributed by atoms with Gasteiger partial charge in [-0.25, -0.2) is 5.10 Å². The molecule has 3 aromatic rings. The van der Waals surface area contributed by atoms with Gasteiger partial charge in [0.05, 0.1) is 17.5 Å². The number of H-pyrrole nitrogens is 1. The first kappa shape index (κ1) is 16.7. The molecule has 0 bridgehead atoms. The number of rotatable bonds is 6. The summed E-state index contributed by atoms with van der Waals surface area (Å²) in [5, 5.41) is 7.52. The van der Waals surface area contributed by atoms with E-state index >= 15 is 0 Å². The monoisotopic (exact) mass is 338 g/mol. The maximum absolute atomic E-state index is 12.0. The summed E-state index contributed by atoms with van der Waals surface area (Å²) < 4.78 is 10.7. The molecule has 1 heterocycles. The lowest BCUT2D eigenvalue weighted by Crippen LogP contribution is -2.17. The van der Waals surface area contributed by atoms with E-state index < -0.39 is 5.97 Å². The number of benzene rings is 2. The second-order valence-electron chi connectivity index (χ2n) is 5.60. The van der Waals surface area contributed by atoms with Crippen molar-refractivity contribution >= 4 is 16.7 Å². The van der Waals surface area contributed by atoms with Gasteiger partial charge in [0.25, 0.3) is 5.56 Å². The number of hydrogen-bond donors (Lipinski definition) is 1. The molecular formula is C19H18N2O4. The van der Waals surface area contributed by atoms with E-state index in [1.807, 2.05) is 31.2 Å². The zero-order valence-electron chi connectivity index (χ0n) is 13.8. The minimum atomic E-state index is -0.419. The SMILES string of the molecule is Cc1ccc(OCCOC(=O)Cc2n[nH]c(=O)c3ccccc23)cc1. The van der Waals surface area contributed by atoms with Crippen molar-refractivity contribution in [2.24, 2.45) is 0 Å². The van der Waals surface area contributed by atoms with Crippen molar-refractivity contribution in [1.29, 1.82) is 0 Å². The normalized spacial score (nSPS) is 10.6. The van der Waals surface area contributed by atoms with Crippen molar-refractivity contribution in [3.05, 3.63) is 70.1 Å². The number of esters is 1. The smallest absolute Gasteiger partial charge is 0.312 e. The molecular weight excluding hydrogens is 320 g/mol. The summed E-state index contributed by atoms with van der Waals surface area (Å²) in [6.45, 7) is 2.42. The molecule has 6 nitrogen and oxygen atoms in total. The molecule has 0 atom stereocenters. The molecule has 25 heavy (non-hydrogen) atoms. The first-order chi connectivity index (χ1) is 12.1. The van der Waals surface area contributed by atoms with Crippen LogP contribution in [0.4, 0.5) is 0 Å². The number of carbonyl (C=O) groups excluding carboxylic acids is 1. The number of ether oxygens (including phenoxy) is 2. The van der Waals surface area contributed by atoms with E-state index in [0.29, 0.717) is 16.5 Å². The highest BCUT2D eigenvalue weighted by molar-refractivity contribution is 5.86. The average Bonchev–Trinajstić information content (AvgIpc) is 2.63. The Morgan fingerprint density at radius 2 is 1.76 bits per heavy atom. The number of aromatic nitrogens is 2. The Morgan fingerprint density at radius 3 is 2.52 bits per heavy atom. The van der Waals surface area contributed by atoms with Crippen LogP contribution in [0.25, 0.3) is 10.8 Å². The van der Waals surface area contributed by atoms with E-state index in [4.69, 9.17) is 9.47 Å². The Morgan fingerprint density at radius 1 is 1.04 bits per heavy atom. The molecule has 1 N–H and O–H groups in total. The lowest BCUT2D eigenvalue weighted by atomic mass is 10.1. The minimum Gasteiger partial charge on any atom is -0.490 e. The van der Waals surface area contributed by atoms with Crippen LogP contribution in [0.5, 0.6) is 5.75 Å². The third-order valence-corrected chi connectivity index (χ3v) is 3.72. The number of nitrogens with zero attached hydrogens (tertiary/aromatic N) is 1. The van der Waals surface area contributed by atoms with E-state index in [0.717, 1.165) is 11.3 Å². The lowest BCUT2D eigenvalue weighted by Gasteiger charge is -2.08. The van der Waals surface area contributed by atoms with Gasteiger partial charge in [0, 0.05) is 5.39 Å². The molecule has 0 aliphatic rings. The van der Waals surface area contributed by atoms with Gasteiger partial charge in [0.1, 0.15) is 19.0 Å². The summed E-state index contributed by atoms with van der Waals surface area (Å²) in [4.78, 5) is 23.7. The molecule has 1 aromatic heterocycles. The molecule has 0 saturated heterocycles. The fourth-order valence-corrected chi connectivity index (χ4v) is 2.44. The molecule has 6 heteroatoms. The Labute approximate surface area is 144 Å². The number of fused-ring (bicyclic) bond motifs is 1. The van der Waals surface area contributed by atoms with Gasteiger partial charge in [-0.3, -0.25) is 9.59 Å². The molecule has 0 aliphatic heterocycles. The standard InChI is InChI=1S/C19H18N2O4/c1-13-6-8-14(9-7-13)24-10-11-25-18(22)12-17-15-4-2-3-5-16(15)19(23)21-20-17/h2-9H,10-12H2,1H3,(H,21,23). The predicted octanol–water partition coefficient (Wildman–Crippen LogP) is 2.40. The van der Waals surface area contributed by atoms with Crippen molar-refractivity contribution in [3.63, 3.8) is 0 Å². The van der Waals surface area contributed by atoms with E-state index in [1.165, 1.54) is 0 Å². The van der Waals surface area contributed by atoms with Crippen LogP contribution in [0.15, 0.2) is 53.3 Å². The lowest BCUT2D eigenvalue weighted by molar-refractivity contribution is -0.143. The summed E-state index contributed by atoms with van der Waals surface area (Å²) in [5.74, 6) is 0.312. The first-order valence-electron chi connectivity index (χ1n) is 7.95. The third kappa shape index (κ3) is 4.23. The number of nitrogens with one attached hydrogen (secondary N) is 1. The number of aryl methyl sites for hydroxylation is 1. The van der Waals surface area contributed by atoms with Crippen molar-refractivity contribution < 1.29 is 14.3 Å². The van der Waals surface area contributed by atoms with Crippen LogP contribution in [0.3, 0.4) is 0 Å². The number of carbonyl (C=O) groups is 1. The maximum atomic E-state index is 12.0. The van der Waals surface area contributed by atoms with Crippen LogP contribution < -0.4 is 10.3 Å². The summed E-state index contributed by atoms with van der Waals surface area (Å²) in [7, 11) is 0. The maximum Gasteiger partial charge on any atom is 0.312 e. The average molecular weight is 338 g/mol. The highest BCUT2D eigenvalue weighted by Crippen LogP contribution is 2.13. The van der Waals surface area contributed by atoms with E-state index in [2.05, 4.69) is 10.2 Å². The van der Waals surface area contributed by atoms with Crippen LogP contribution in [0, 0.1) is 6.92 Å².